The van der Waals surface area contributed by atoms with E-state index in [1.54, 1.807) is 12.1 Å². The fourth-order valence-corrected chi connectivity index (χ4v) is 4.06. The van der Waals surface area contributed by atoms with Crippen molar-refractivity contribution >= 4 is 37.6 Å². The zero-order chi connectivity index (χ0) is 17.2. The Morgan fingerprint density at radius 1 is 1.30 bits per heavy atom. The number of hydrogen-bond acceptors (Lipinski definition) is 3. The standard InChI is InChI=1S/C15H14BrClFNO3S/c1-19(9-11-12(17)4-3-5-13(11)18)23(20,21)15-8-10(16)6-7-14(15)22-2/h3-8H,9H2,1-2H3. The number of rotatable bonds is 5. The first-order valence-electron chi connectivity index (χ1n) is 6.50. The topological polar surface area (TPSA) is 46.6 Å². The molecular weight excluding hydrogens is 409 g/mol. The Bertz CT molecular complexity index is 809. The van der Waals surface area contributed by atoms with E-state index in [0.717, 1.165) is 4.31 Å². The van der Waals surface area contributed by atoms with Gasteiger partial charge in [-0.15, -0.1) is 0 Å². The van der Waals surface area contributed by atoms with E-state index in [1.165, 1.54) is 38.4 Å². The Morgan fingerprint density at radius 2 is 2.00 bits per heavy atom. The highest BCUT2D eigenvalue weighted by molar-refractivity contribution is 9.10. The van der Waals surface area contributed by atoms with Gasteiger partial charge in [0, 0.05) is 28.7 Å². The van der Waals surface area contributed by atoms with E-state index in [9.17, 15) is 12.8 Å². The third-order valence-electron chi connectivity index (χ3n) is 3.26. The van der Waals surface area contributed by atoms with Gasteiger partial charge in [-0.3, -0.25) is 0 Å². The largest absolute Gasteiger partial charge is 0.495 e. The predicted octanol–water partition coefficient (Wildman–Crippen LogP) is 4.07. The van der Waals surface area contributed by atoms with E-state index in [-0.39, 0.29) is 27.8 Å². The van der Waals surface area contributed by atoms with Crippen molar-refractivity contribution < 1.29 is 17.5 Å². The van der Waals surface area contributed by atoms with Crippen LogP contribution in [0.25, 0.3) is 0 Å². The molecule has 0 fully saturated rings. The summed E-state index contributed by atoms with van der Waals surface area (Å²) in [4.78, 5) is -0.00987. The maximum Gasteiger partial charge on any atom is 0.246 e. The van der Waals surface area contributed by atoms with Crippen LogP contribution in [0.4, 0.5) is 4.39 Å². The number of sulfonamides is 1. The summed E-state index contributed by atoms with van der Waals surface area (Å²) in [5, 5.41) is 0.174. The first-order valence-corrected chi connectivity index (χ1v) is 9.11. The molecule has 0 heterocycles. The second-order valence-electron chi connectivity index (χ2n) is 4.76. The average molecular weight is 423 g/mol. The third kappa shape index (κ3) is 3.85. The third-order valence-corrected chi connectivity index (χ3v) is 5.93. The van der Waals surface area contributed by atoms with Crippen LogP contribution >= 0.6 is 27.5 Å². The highest BCUT2D eigenvalue weighted by Gasteiger charge is 2.26. The number of methoxy groups -OCH3 is 1. The number of hydrogen-bond donors (Lipinski definition) is 0. The van der Waals surface area contributed by atoms with Crippen LogP contribution in [0.1, 0.15) is 5.56 Å². The summed E-state index contributed by atoms with van der Waals surface area (Å²) >= 11 is 9.20. The Balaban J connectivity index is 2.42. The van der Waals surface area contributed by atoms with Crippen molar-refractivity contribution in [3.8, 4) is 5.75 Å². The van der Waals surface area contributed by atoms with Crippen molar-refractivity contribution in [2.75, 3.05) is 14.2 Å². The molecule has 0 saturated carbocycles. The lowest BCUT2D eigenvalue weighted by molar-refractivity contribution is 0.397. The summed E-state index contributed by atoms with van der Waals surface area (Å²) in [5.41, 5.74) is 0.120. The first-order chi connectivity index (χ1) is 10.8. The van der Waals surface area contributed by atoms with Crippen LogP contribution in [-0.2, 0) is 16.6 Å². The number of halogens is 3. The van der Waals surface area contributed by atoms with Crippen LogP contribution in [0.15, 0.2) is 45.8 Å². The maximum absolute atomic E-state index is 13.9. The molecule has 2 aromatic rings. The van der Waals surface area contributed by atoms with Gasteiger partial charge in [0.2, 0.25) is 10.0 Å². The lowest BCUT2D eigenvalue weighted by atomic mass is 10.2. The molecule has 0 amide bonds. The van der Waals surface area contributed by atoms with Crippen LogP contribution in [0, 0.1) is 5.82 Å². The van der Waals surface area contributed by atoms with Crippen LogP contribution in [0.2, 0.25) is 5.02 Å². The Labute approximate surface area is 148 Å². The van der Waals surface area contributed by atoms with E-state index in [2.05, 4.69) is 15.9 Å². The Hall–Kier alpha value is -1.15. The second-order valence-corrected chi connectivity index (χ2v) is 8.09. The van der Waals surface area contributed by atoms with Crippen LogP contribution in [0.5, 0.6) is 5.75 Å². The Morgan fingerprint density at radius 3 is 2.61 bits per heavy atom. The molecule has 0 aliphatic carbocycles. The first kappa shape index (κ1) is 18.2. The summed E-state index contributed by atoms with van der Waals surface area (Å²) in [6.45, 7) is -0.191. The minimum Gasteiger partial charge on any atom is -0.495 e. The van der Waals surface area contributed by atoms with Gasteiger partial charge in [0.15, 0.2) is 0 Å². The molecule has 0 aliphatic rings. The minimum atomic E-state index is -3.88. The van der Waals surface area contributed by atoms with Crippen LogP contribution in [0.3, 0.4) is 0 Å². The highest BCUT2D eigenvalue weighted by atomic mass is 79.9. The lowest BCUT2D eigenvalue weighted by Crippen LogP contribution is -2.27. The molecule has 23 heavy (non-hydrogen) atoms. The number of ether oxygens (including phenoxy) is 1. The van der Waals surface area contributed by atoms with Crippen molar-refractivity contribution in [1.29, 1.82) is 0 Å². The van der Waals surface area contributed by atoms with Crippen LogP contribution in [-0.4, -0.2) is 26.9 Å². The molecule has 0 bridgehead atoms. The molecular formula is C15H14BrClFNO3S. The quantitative estimate of drug-likeness (QED) is 0.730. The molecule has 0 spiro atoms. The van der Waals surface area contributed by atoms with Crippen LogP contribution < -0.4 is 4.74 Å². The molecule has 0 unspecified atom stereocenters. The second kappa shape index (κ2) is 7.17. The molecule has 0 N–H and O–H groups in total. The van der Waals surface area contributed by atoms with Gasteiger partial charge in [-0.2, -0.15) is 4.31 Å². The van der Waals surface area contributed by atoms with E-state index in [0.29, 0.717) is 4.47 Å². The van der Waals surface area contributed by atoms with Crippen molar-refractivity contribution in [2.45, 2.75) is 11.4 Å². The zero-order valence-electron chi connectivity index (χ0n) is 12.4. The van der Waals surface area contributed by atoms with Crippen molar-refractivity contribution in [3.63, 3.8) is 0 Å². The monoisotopic (exact) mass is 421 g/mol. The van der Waals surface area contributed by atoms with Crippen molar-refractivity contribution in [3.05, 3.63) is 57.3 Å². The van der Waals surface area contributed by atoms with E-state index in [4.69, 9.17) is 16.3 Å². The van der Waals surface area contributed by atoms with Gasteiger partial charge in [-0.1, -0.05) is 33.6 Å². The minimum absolute atomic E-state index is 0.00987. The molecule has 0 aromatic heterocycles. The fraction of sp³-hybridized carbons (Fsp3) is 0.200. The lowest BCUT2D eigenvalue weighted by Gasteiger charge is -2.20. The normalized spacial score (nSPS) is 11.7. The molecule has 8 heteroatoms. The number of benzene rings is 2. The van der Waals surface area contributed by atoms with Gasteiger partial charge in [0.1, 0.15) is 16.5 Å². The summed E-state index contributed by atoms with van der Waals surface area (Å²) in [6, 6.07) is 8.87. The van der Waals surface area contributed by atoms with E-state index < -0.39 is 15.8 Å². The van der Waals surface area contributed by atoms with Gasteiger partial charge < -0.3 is 4.74 Å². The van der Waals surface area contributed by atoms with Gasteiger partial charge in [-0.05, 0) is 30.3 Å². The smallest absolute Gasteiger partial charge is 0.246 e. The van der Waals surface area contributed by atoms with Gasteiger partial charge >= 0.3 is 0 Å². The molecule has 0 radical (unpaired) electrons. The summed E-state index contributed by atoms with van der Waals surface area (Å²) in [6.07, 6.45) is 0. The molecule has 124 valence electrons. The predicted molar refractivity (Wildman–Crippen MR) is 90.8 cm³/mol. The molecule has 0 saturated heterocycles. The van der Waals surface area contributed by atoms with Crippen molar-refractivity contribution in [2.24, 2.45) is 0 Å². The molecule has 2 aromatic carbocycles. The summed E-state index contributed by atoms with van der Waals surface area (Å²) in [7, 11) is -1.14. The molecule has 4 nitrogen and oxygen atoms in total. The van der Waals surface area contributed by atoms with Gasteiger partial charge in [0.25, 0.3) is 0 Å². The highest BCUT2D eigenvalue weighted by Crippen LogP contribution is 2.31. The van der Waals surface area contributed by atoms with Gasteiger partial charge in [-0.25, -0.2) is 12.8 Å². The Kier molecular flexibility index (Phi) is 5.67. The zero-order valence-corrected chi connectivity index (χ0v) is 15.5. The molecule has 2 rings (SSSR count). The summed E-state index contributed by atoms with van der Waals surface area (Å²) < 4.78 is 46.1. The van der Waals surface area contributed by atoms with Gasteiger partial charge in [0.05, 0.1) is 7.11 Å². The molecule has 0 aliphatic heterocycles. The number of nitrogens with zero attached hydrogens (tertiary/aromatic N) is 1. The SMILES string of the molecule is COc1ccc(Br)cc1S(=O)(=O)N(C)Cc1c(F)cccc1Cl. The van der Waals surface area contributed by atoms with Crippen molar-refractivity contribution in [1.82, 2.24) is 4.31 Å². The maximum atomic E-state index is 13.9. The molecule has 0 atom stereocenters. The average Bonchev–Trinajstić information content (AvgIpc) is 2.50. The fourth-order valence-electron chi connectivity index (χ4n) is 2.01. The van der Waals surface area contributed by atoms with E-state index >= 15 is 0 Å². The summed E-state index contributed by atoms with van der Waals surface area (Å²) in [5.74, 6) is -0.347. The van der Waals surface area contributed by atoms with E-state index in [1.807, 2.05) is 0 Å².